The van der Waals surface area contributed by atoms with E-state index in [0.717, 1.165) is 5.56 Å². The Bertz CT molecular complexity index is 750. The average molecular weight is 322 g/mol. The molecular formula is C16H22N2O3S. The molecule has 0 fully saturated rings. The van der Waals surface area contributed by atoms with Crippen molar-refractivity contribution >= 4 is 20.7 Å². The van der Waals surface area contributed by atoms with Crippen LogP contribution in [0.3, 0.4) is 0 Å². The molecule has 1 aromatic carbocycles. The van der Waals surface area contributed by atoms with Gasteiger partial charge in [-0.1, -0.05) is 46.8 Å². The first-order valence-electron chi connectivity index (χ1n) is 7.05. The summed E-state index contributed by atoms with van der Waals surface area (Å²) in [6.07, 6.45) is 0. The topological polar surface area (TPSA) is 87.6 Å². The molecule has 1 rings (SSSR count). The highest BCUT2D eigenvalue weighted by molar-refractivity contribution is 8.08. The number of carbonyl (C=O) groups excluding carboxylic acids is 1. The van der Waals surface area contributed by atoms with Gasteiger partial charge in [0.1, 0.15) is 0 Å². The van der Waals surface area contributed by atoms with E-state index in [1.54, 1.807) is 33.8 Å². The van der Waals surface area contributed by atoms with E-state index in [1.807, 2.05) is 19.9 Å². The average Bonchev–Trinajstić information content (AvgIpc) is 2.37. The van der Waals surface area contributed by atoms with Crippen molar-refractivity contribution in [2.45, 2.75) is 52.4 Å². The lowest BCUT2D eigenvalue weighted by atomic mass is 9.91. The van der Waals surface area contributed by atoms with Crippen LogP contribution in [0.15, 0.2) is 23.1 Å². The molecule has 0 aliphatic rings. The summed E-state index contributed by atoms with van der Waals surface area (Å²) >= 11 is 0. The summed E-state index contributed by atoms with van der Waals surface area (Å²) < 4.78 is 25.5. The largest absolute Gasteiger partial charge is 0.452 e. The Morgan fingerprint density at radius 2 is 1.77 bits per heavy atom. The first kappa shape index (κ1) is 18.3. The second-order valence-corrected chi connectivity index (χ2v) is 8.50. The molecular weight excluding hydrogens is 300 g/mol. The fraction of sp³-hybridized carbons (Fsp3) is 0.500. The van der Waals surface area contributed by atoms with Crippen LogP contribution in [0, 0.1) is 12.3 Å². The second-order valence-electron chi connectivity index (χ2n) is 6.67. The number of carbonyl (C=O) groups is 1. The van der Waals surface area contributed by atoms with Crippen molar-refractivity contribution in [2.75, 3.05) is 0 Å². The third-order valence-corrected chi connectivity index (χ3v) is 5.18. The molecule has 6 heteroatoms. The molecule has 0 aromatic heterocycles. The van der Waals surface area contributed by atoms with Gasteiger partial charge in [-0.15, -0.1) is 4.79 Å². The third kappa shape index (κ3) is 3.51. The molecule has 0 heterocycles. The molecule has 0 aliphatic heterocycles. The predicted octanol–water partition coefficient (Wildman–Crippen LogP) is 3.14. The van der Waals surface area contributed by atoms with E-state index in [4.69, 9.17) is 5.53 Å². The number of nitrogens with zero attached hydrogens (tertiary/aromatic N) is 2. The number of hydrogen-bond donors (Lipinski definition) is 0. The van der Waals surface area contributed by atoms with E-state index in [1.165, 1.54) is 6.07 Å². The van der Waals surface area contributed by atoms with Gasteiger partial charge < -0.3 is 5.53 Å². The summed E-state index contributed by atoms with van der Waals surface area (Å²) in [5, 5.41) is -0.816. The van der Waals surface area contributed by atoms with Crippen molar-refractivity contribution in [3.05, 3.63) is 34.9 Å². The van der Waals surface area contributed by atoms with E-state index in [-0.39, 0.29) is 10.8 Å². The maximum atomic E-state index is 12.7. The molecule has 0 saturated heterocycles. The maximum absolute atomic E-state index is 12.7. The summed E-state index contributed by atoms with van der Waals surface area (Å²) in [4.78, 5) is 15.1. The van der Waals surface area contributed by atoms with Crippen molar-refractivity contribution in [3.8, 4) is 0 Å². The lowest BCUT2D eigenvalue weighted by molar-refractivity contribution is -0.123. The highest BCUT2D eigenvalue weighted by Gasteiger charge is 2.43. The monoisotopic (exact) mass is 322 g/mol. The van der Waals surface area contributed by atoms with Crippen LogP contribution in [0.4, 0.5) is 0 Å². The summed E-state index contributed by atoms with van der Waals surface area (Å²) in [6, 6.07) is 5.08. The lowest BCUT2D eigenvalue weighted by Crippen LogP contribution is -2.35. The third-order valence-electron chi connectivity index (χ3n) is 3.39. The van der Waals surface area contributed by atoms with Gasteiger partial charge in [-0.2, -0.15) is 0 Å². The van der Waals surface area contributed by atoms with Gasteiger partial charge in [-0.3, -0.25) is 4.79 Å². The fourth-order valence-electron chi connectivity index (χ4n) is 1.91. The molecule has 0 N–H and O–H groups in total. The maximum Gasteiger partial charge on any atom is 0.452 e. The molecule has 22 heavy (non-hydrogen) atoms. The summed E-state index contributed by atoms with van der Waals surface area (Å²) in [7, 11) is -4.17. The molecule has 0 saturated carbocycles. The highest BCUT2D eigenvalue weighted by atomic mass is 32.2. The number of benzene rings is 1. The molecule has 0 radical (unpaired) electrons. The lowest BCUT2D eigenvalue weighted by Gasteiger charge is -2.14. The Morgan fingerprint density at radius 1 is 1.23 bits per heavy atom. The van der Waals surface area contributed by atoms with Crippen molar-refractivity contribution in [2.24, 2.45) is 5.41 Å². The minimum absolute atomic E-state index is 0.00380. The number of ketones is 1. The van der Waals surface area contributed by atoms with Crippen LogP contribution in [-0.2, 0) is 14.6 Å². The van der Waals surface area contributed by atoms with Crippen LogP contribution in [0.5, 0.6) is 0 Å². The number of rotatable bonds is 3. The van der Waals surface area contributed by atoms with Crippen molar-refractivity contribution in [1.82, 2.24) is 0 Å². The Morgan fingerprint density at radius 3 is 2.18 bits per heavy atom. The Hall–Kier alpha value is -1.78. The van der Waals surface area contributed by atoms with Crippen LogP contribution >= 0.6 is 0 Å². The van der Waals surface area contributed by atoms with Crippen molar-refractivity contribution in [1.29, 1.82) is 0 Å². The Kier molecular flexibility index (Phi) is 5.10. The van der Waals surface area contributed by atoms with Crippen LogP contribution in [0.25, 0.3) is 5.53 Å². The smallest absolute Gasteiger partial charge is 0.360 e. The van der Waals surface area contributed by atoms with Crippen molar-refractivity contribution in [3.63, 3.8) is 0 Å². The molecule has 5 nitrogen and oxygen atoms in total. The number of sulfone groups is 1. The summed E-state index contributed by atoms with van der Waals surface area (Å²) in [6.45, 7) is 10.3. The predicted molar refractivity (Wildman–Crippen MR) is 85.5 cm³/mol. The molecule has 0 aliphatic carbocycles. The first-order chi connectivity index (χ1) is 9.92. The Balaban J connectivity index is 3.57. The molecule has 0 amide bonds. The van der Waals surface area contributed by atoms with Gasteiger partial charge in [0, 0.05) is 5.41 Å². The van der Waals surface area contributed by atoms with E-state index >= 15 is 0 Å². The minimum Gasteiger partial charge on any atom is -0.360 e. The van der Waals surface area contributed by atoms with E-state index in [2.05, 4.69) is 4.79 Å². The quantitative estimate of drug-likeness (QED) is 0.371. The number of hydrogen-bond acceptors (Lipinski definition) is 3. The summed E-state index contributed by atoms with van der Waals surface area (Å²) in [5.74, 6) is -0.577. The van der Waals surface area contributed by atoms with Gasteiger partial charge >= 0.3 is 5.04 Å². The Labute approximate surface area is 131 Å². The highest BCUT2D eigenvalue weighted by Crippen LogP contribution is 2.26. The first-order valence-corrected chi connectivity index (χ1v) is 8.53. The SMILES string of the molecule is Cc1ccc(C(C)C)cc1S(=O)(=O)C(=[N+]=[N-])C(=O)C(C)(C)C. The van der Waals surface area contributed by atoms with Gasteiger partial charge in [-0.05, 0) is 30.0 Å². The minimum atomic E-state index is -4.17. The molecule has 0 atom stereocenters. The zero-order valence-corrected chi connectivity index (χ0v) is 14.7. The molecule has 120 valence electrons. The van der Waals surface area contributed by atoms with Crippen molar-refractivity contribution < 1.29 is 18.0 Å². The van der Waals surface area contributed by atoms with Gasteiger partial charge in [0.25, 0.3) is 15.6 Å². The summed E-state index contributed by atoms with van der Waals surface area (Å²) in [5.41, 5.74) is 9.50. The molecule has 1 aromatic rings. The zero-order chi connectivity index (χ0) is 17.3. The van der Waals surface area contributed by atoms with Gasteiger partial charge in [0.05, 0.1) is 4.90 Å². The number of Topliss-reactive ketones (excluding diaryl/α,β-unsaturated/α-hetero) is 1. The van der Waals surface area contributed by atoms with Crippen LogP contribution in [-0.4, -0.2) is 24.0 Å². The van der Waals surface area contributed by atoms with E-state index < -0.39 is 26.1 Å². The van der Waals surface area contributed by atoms with E-state index in [0.29, 0.717) is 5.56 Å². The molecule has 0 bridgehead atoms. The van der Waals surface area contributed by atoms with Crippen LogP contribution < -0.4 is 0 Å². The zero-order valence-electron chi connectivity index (χ0n) is 13.8. The van der Waals surface area contributed by atoms with Crippen LogP contribution in [0.2, 0.25) is 0 Å². The molecule has 0 unspecified atom stereocenters. The molecule has 0 spiro atoms. The number of aryl methyl sites for hydroxylation is 1. The van der Waals surface area contributed by atoms with E-state index in [9.17, 15) is 13.2 Å². The second kappa shape index (κ2) is 6.15. The van der Waals surface area contributed by atoms with Crippen LogP contribution in [0.1, 0.15) is 51.7 Å². The standard InChI is InChI=1S/C16H22N2O3S/c1-10(2)12-8-7-11(3)13(9-12)22(20,21)15(18-17)14(19)16(4,5)6/h7-10H,1-6H3. The van der Waals surface area contributed by atoms with Gasteiger partial charge in [0.2, 0.25) is 0 Å². The fourth-order valence-corrected chi connectivity index (χ4v) is 3.56. The normalized spacial score (nSPS) is 12.1. The van der Waals surface area contributed by atoms with Gasteiger partial charge in [0.15, 0.2) is 0 Å². The van der Waals surface area contributed by atoms with Gasteiger partial charge in [-0.25, -0.2) is 8.42 Å².